The standard InChI is InChI=1S/C15H15F2N3O2S/c1-8(2)11-6-12(21)20-15(18-11)23-7-13(22)19-14-9(16)4-3-5-10(14)17/h3-6,8H,7H2,1-2H3,(H,19,22)(H,18,20,21). The molecule has 0 aliphatic rings. The van der Waals surface area contributed by atoms with E-state index in [1.807, 2.05) is 13.8 Å². The maximum atomic E-state index is 13.4. The van der Waals surface area contributed by atoms with Gasteiger partial charge < -0.3 is 10.3 Å². The number of hydrogen-bond acceptors (Lipinski definition) is 4. The van der Waals surface area contributed by atoms with Gasteiger partial charge in [0.05, 0.1) is 11.4 Å². The summed E-state index contributed by atoms with van der Waals surface area (Å²) in [4.78, 5) is 30.1. The number of benzene rings is 1. The highest BCUT2D eigenvalue weighted by atomic mass is 32.2. The highest BCUT2D eigenvalue weighted by Gasteiger charge is 2.13. The number of anilines is 1. The molecule has 0 fully saturated rings. The highest BCUT2D eigenvalue weighted by molar-refractivity contribution is 7.99. The van der Waals surface area contributed by atoms with Crippen LogP contribution in [0, 0.1) is 11.6 Å². The van der Waals surface area contributed by atoms with Crippen LogP contribution in [-0.4, -0.2) is 21.6 Å². The molecule has 0 radical (unpaired) electrons. The van der Waals surface area contributed by atoms with E-state index in [2.05, 4.69) is 15.3 Å². The number of carbonyl (C=O) groups is 1. The highest BCUT2D eigenvalue weighted by Crippen LogP contribution is 2.19. The maximum absolute atomic E-state index is 13.4. The smallest absolute Gasteiger partial charge is 0.251 e. The predicted molar refractivity (Wildman–Crippen MR) is 84.7 cm³/mol. The fourth-order valence-corrected chi connectivity index (χ4v) is 2.43. The number of thioether (sulfide) groups is 1. The number of carbonyl (C=O) groups excluding carboxylic acids is 1. The molecule has 2 rings (SSSR count). The second-order valence-electron chi connectivity index (χ2n) is 5.06. The van der Waals surface area contributed by atoms with Crippen LogP contribution in [0.1, 0.15) is 25.5 Å². The lowest BCUT2D eigenvalue weighted by Crippen LogP contribution is -2.17. The minimum atomic E-state index is -0.850. The third-order valence-corrected chi connectivity index (χ3v) is 3.77. The molecule has 0 saturated carbocycles. The number of H-pyrrole nitrogens is 1. The summed E-state index contributed by atoms with van der Waals surface area (Å²) in [6.07, 6.45) is 0. The van der Waals surface area contributed by atoms with E-state index in [1.54, 1.807) is 0 Å². The number of aromatic amines is 1. The quantitative estimate of drug-likeness (QED) is 0.649. The first-order valence-corrected chi connectivity index (χ1v) is 7.83. The molecule has 0 bridgehead atoms. The van der Waals surface area contributed by atoms with Crippen molar-refractivity contribution in [1.82, 2.24) is 9.97 Å². The summed E-state index contributed by atoms with van der Waals surface area (Å²) < 4.78 is 26.9. The molecule has 0 saturated heterocycles. The van der Waals surface area contributed by atoms with E-state index in [-0.39, 0.29) is 22.4 Å². The normalized spacial score (nSPS) is 10.8. The first-order valence-electron chi connectivity index (χ1n) is 6.84. The molecule has 8 heteroatoms. The molecule has 23 heavy (non-hydrogen) atoms. The number of nitrogens with zero attached hydrogens (tertiary/aromatic N) is 1. The van der Waals surface area contributed by atoms with Crippen LogP contribution in [0.15, 0.2) is 34.2 Å². The Kier molecular flexibility index (Phi) is 5.49. The van der Waals surface area contributed by atoms with Crippen LogP contribution in [-0.2, 0) is 4.79 Å². The van der Waals surface area contributed by atoms with Gasteiger partial charge in [-0.2, -0.15) is 0 Å². The third kappa shape index (κ3) is 4.62. The summed E-state index contributed by atoms with van der Waals surface area (Å²) in [6.45, 7) is 3.79. The van der Waals surface area contributed by atoms with Gasteiger partial charge in [-0.25, -0.2) is 13.8 Å². The van der Waals surface area contributed by atoms with Crippen molar-refractivity contribution in [3.63, 3.8) is 0 Å². The van der Waals surface area contributed by atoms with Crippen LogP contribution in [0.5, 0.6) is 0 Å². The first-order chi connectivity index (χ1) is 10.9. The van der Waals surface area contributed by atoms with E-state index in [0.29, 0.717) is 5.69 Å². The summed E-state index contributed by atoms with van der Waals surface area (Å²) in [5.74, 6) is -2.37. The molecule has 1 amide bonds. The second kappa shape index (κ2) is 7.36. The number of para-hydroxylation sites is 1. The van der Waals surface area contributed by atoms with Crippen LogP contribution in [0.25, 0.3) is 0 Å². The van der Waals surface area contributed by atoms with E-state index in [4.69, 9.17) is 0 Å². The van der Waals surface area contributed by atoms with Gasteiger partial charge in [-0.15, -0.1) is 0 Å². The summed E-state index contributed by atoms with van der Waals surface area (Å²) in [5.41, 5.74) is -0.195. The van der Waals surface area contributed by atoms with Gasteiger partial charge in [0.25, 0.3) is 5.56 Å². The van der Waals surface area contributed by atoms with Gasteiger partial charge in [0.2, 0.25) is 5.91 Å². The van der Waals surface area contributed by atoms with Crippen molar-refractivity contribution in [1.29, 1.82) is 0 Å². The van der Waals surface area contributed by atoms with Gasteiger partial charge in [-0.3, -0.25) is 9.59 Å². The number of aromatic nitrogens is 2. The Morgan fingerprint density at radius 2 is 2.00 bits per heavy atom. The number of hydrogen-bond donors (Lipinski definition) is 2. The van der Waals surface area contributed by atoms with Crippen LogP contribution >= 0.6 is 11.8 Å². The summed E-state index contributed by atoms with van der Waals surface area (Å²) in [5, 5.41) is 2.45. The number of nitrogens with one attached hydrogen (secondary N) is 2. The van der Waals surface area contributed by atoms with E-state index < -0.39 is 23.2 Å². The third-order valence-electron chi connectivity index (χ3n) is 2.90. The largest absolute Gasteiger partial charge is 0.320 e. The molecule has 122 valence electrons. The lowest BCUT2D eigenvalue weighted by Gasteiger charge is -2.08. The van der Waals surface area contributed by atoms with E-state index in [1.165, 1.54) is 12.1 Å². The van der Waals surface area contributed by atoms with Crippen molar-refractivity contribution in [3.05, 3.63) is 51.9 Å². The van der Waals surface area contributed by atoms with Gasteiger partial charge in [0.15, 0.2) is 5.16 Å². The molecule has 0 atom stereocenters. The van der Waals surface area contributed by atoms with E-state index in [9.17, 15) is 18.4 Å². The molecule has 0 spiro atoms. The molecule has 0 aliphatic carbocycles. The molecule has 2 aromatic rings. The minimum Gasteiger partial charge on any atom is -0.320 e. The van der Waals surface area contributed by atoms with Crippen LogP contribution in [0.2, 0.25) is 0 Å². The molecule has 1 aromatic heterocycles. The van der Waals surface area contributed by atoms with Gasteiger partial charge in [0, 0.05) is 6.07 Å². The van der Waals surface area contributed by atoms with Crippen LogP contribution < -0.4 is 10.9 Å². The second-order valence-corrected chi connectivity index (χ2v) is 6.03. The first kappa shape index (κ1) is 17.1. The Bertz CT molecular complexity index is 757. The maximum Gasteiger partial charge on any atom is 0.251 e. The molecule has 0 aliphatic heterocycles. The number of amides is 1. The van der Waals surface area contributed by atoms with Crippen molar-refractivity contribution in [2.75, 3.05) is 11.1 Å². The zero-order valence-corrected chi connectivity index (χ0v) is 13.3. The topological polar surface area (TPSA) is 74.8 Å². The van der Waals surface area contributed by atoms with E-state index >= 15 is 0 Å². The SMILES string of the molecule is CC(C)c1cc(=O)[nH]c(SCC(=O)Nc2c(F)cccc2F)n1. The minimum absolute atomic E-state index is 0.0676. The molecule has 5 nitrogen and oxygen atoms in total. The Morgan fingerprint density at radius 1 is 1.35 bits per heavy atom. The lowest BCUT2D eigenvalue weighted by atomic mass is 10.1. The lowest BCUT2D eigenvalue weighted by molar-refractivity contribution is -0.113. The number of rotatable bonds is 5. The predicted octanol–water partition coefficient (Wildman–Crippen LogP) is 2.90. The molecule has 0 unspecified atom stereocenters. The Hall–Kier alpha value is -2.22. The summed E-state index contributed by atoms with van der Waals surface area (Å²) in [7, 11) is 0. The Balaban J connectivity index is 2.04. The molecule has 1 aromatic carbocycles. The van der Waals surface area contributed by atoms with Crippen molar-refractivity contribution < 1.29 is 13.6 Å². The van der Waals surface area contributed by atoms with Crippen molar-refractivity contribution in [3.8, 4) is 0 Å². The van der Waals surface area contributed by atoms with Crippen molar-refractivity contribution >= 4 is 23.4 Å². The summed E-state index contributed by atoms with van der Waals surface area (Å²) >= 11 is 0.982. The van der Waals surface area contributed by atoms with Gasteiger partial charge in [-0.05, 0) is 18.1 Å². The van der Waals surface area contributed by atoms with Gasteiger partial charge >= 0.3 is 0 Å². The van der Waals surface area contributed by atoms with Crippen molar-refractivity contribution in [2.45, 2.75) is 24.9 Å². The molecular formula is C15H15F2N3O2S. The van der Waals surface area contributed by atoms with E-state index in [0.717, 1.165) is 23.9 Å². The molecular weight excluding hydrogens is 324 g/mol. The average molecular weight is 339 g/mol. The Morgan fingerprint density at radius 3 is 2.61 bits per heavy atom. The Labute approximate surface area is 135 Å². The molecule has 1 heterocycles. The van der Waals surface area contributed by atoms with Crippen molar-refractivity contribution in [2.24, 2.45) is 0 Å². The number of halogens is 2. The summed E-state index contributed by atoms with van der Waals surface area (Å²) in [6, 6.07) is 4.71. The average Bonchev–Trinajstić information content (AvgIpc) is 2.48. The zero-order valence-electron chi connectivity index (χ0n) is 12.5. The zero-order chi connectivity index (χ0) is 17.0. The van der Waals surface area contributed by atoms with Gasteiger partial charge in [-0.1, -0.05) is 31.7 Å². The fraction of sp³-hybridized carbons (Fsp3) is 0.267. The monoisotopic (exact) mass is 339 g/mol. The van der Waals surface area contributed by atoms with Gasteiger partial charge in [0.1, 0.15) is 17.3 Å². The van der Waals surface area contributed by atoms with Crippen LogP contribution in [0.3, 0.4) is 0 Å². The fourth-order valence-electron chi connectivity index (χ4n) is 1.74. The van der Waals surface area contributed by atoms with Crippen LogP contribution in [0.4, 0.5) is 14.5 Å². The molecule has 2 N–H and O–H groups in total.